The SMILES string of the molecule is O=C1O[C@@]2([C@H]1Cl)[C@H]1CC=CC=C[C@H]1C2(Cl)Cl.O=C1O[C@]2([C@@H]1Cl)[C@@H]1CC=CC=C[C@@H]1C2(Cl)Cl. The van der Waals surface area contributed by atoms with Gasteiger partial charge in [0.25, 0.3) is 0 Å². The minimum atomic E-state index is -1.11. The van der Waals surface area contributed by atoms with Crippen LogP contribution < -0.4 is 0 Å². The van der Waals surface area contributed by atoms with Crippen molar-refractivity contribution >= 4 is 81.5 Å². The maximum atomic E-state index is 11.2. The molecule has 32 heavy (non-hydrogen) atoms. The summed E-state index contributed by atoms with van der Waals surface area (Å²) in [5.41, 5.74) is -1.81. The van der Waals surface area contributed by atoms with Crippen molar-refractivity contribution in [3.8, 4) is 0 Å². The molecule has 2 saturated carbocycles. The van der Waals surface area contributed by atoms with Crippen molar-refractivity contribution in [2.75, 3.05) is 0 Å². The van der Waals surface area contributed by atoms with Crippen LogP contribution >= 0.6 is 69.6 Å². The molecule has 172 valence electrons. The number of rotatable bonds is 0. The van der Waals surface area contributed by atoms with Gasteiger partial charge in [-0.3, -0.25) is 9.59 Å². The van der Waals surface area contributed by atoms with E-state index in [2.05, 4.69) is 0 Å². The van der Waals surface area contributed by atoms with E-state index in [1.165, 1.54) is 0 Å². The molecule has 4 aliphatic carbocycles. The fraction of sp³-hybridized carbons (Fsp3) is 0.545. The van der Waals surface area contributed by atoms with Gasteiger partial charge >= 0.3 is 11.9 Å². The number of esters is 2. The van der Waals surface area contributed by atoms with Gasteiger partial charge in [0, 0.05) is 23.7 Å². The molecule has 0 amide bonds. The lowest BCUT2D eigenvalue weighted by Crippen LogP contribution is -2.82. The number of alkyl halides is 6. The van der Waals surface area contributed by atoms with Crippen LogP contribution in [0.4, 0.5) is 0 Å². The summed E-state index contributed by atoms with van der Waals surface area (Å²) < 4.78 is 8.20. The lowest BCUT2D eigenvalue weighted by atomic mass is 9.55. The first kappa shape index (κ1) is 23.4. The van der Waals surface area contributed by atoms with Crippen molar-refractivity contribution in [1.29, 1.82) is 0 Å². The van der Waals surface area contributed by atoms with E-state index in [0.717, 1.165) is 12.8 Å². The van der Waals surface area contributed by atoms with Gasteiger partial charge in [0.05, 0.1) is 0 Å². The van der Waals surface area contributed by atoms with Crippen LogP contribution in [0.1, 0.15) is 12.8 Å². The van der Waals surface area contributed by atoms with Crippen LogP contribution in [0.2, 0.25) is 0 Å². The zero-order valence-electron chi connectivity index (χ0n) is 16.4. The van der Waals surface area contributed by atoms with E-state index in [4.69, 9.17) is 79.1 Å². The molecule has 0 aromatic heterocycles. The third kappa shape index (κ3) is 2.66. The third-order valence-electron chi connectivity index (χ3n) is 7.47. The average molecular weight is 559 g/mol. The Bertz CT molecular complexity index is 909. The lowest BCUT2D eigenvalue weighted by molar-refractivity contribution is -0.237. The summed E-state index contributed by atoms with van der Waals surface area (Å²) in [5, 5.41) is -1.47. The Kier molecular flexibility index (Phi) is 5.53. The molecule has 2 spiro atoms. The van der Waals surface area contributed by atoms with Gasteiger partial charge in [-0.15, -0.1) is 23.2 Å². The average Bonchev–Trinajstić information content (AvgIpc) is 3.14. The quantitative estimate of drug-likeness (QED) is 0.285. The molecule has 0 aromatic rings. The van der Waals surface area contributed by atoms with Gasteiger partial charge in [-0.2, -0.15) is 0 Å². The summed E-state index contributed by atoms with van der Waals surface area (Å²) in [4.78, 5) is 22.4. The smallest absolute Gasteiger partial charge is 0.329 e. The van der Waals surface area contributed by atoms with Crippen LogP contribution in [-0.4, -0.2) is 42.6 Å². The third-order valence-corrected chi connectivity index (χ3v) is 10.7. The second-order valence-corrected chi connectivity index (χ2v) is 12.4. The summed E-state index contributed by atoms with van der Waals surface area (Å²) in [7, 11) is 0. The molecule has 4 nitrogen and oxygen atoms in total. The maximum absolute atomic E-state index is 11.2. The highest BCUT2D eigenvalue weighted by atomic mass is 35.5. The van der Waals surface area contributed by atoms with Crippen molar-refractivity contribution < 1.29 is 19.1 Å². The first-order chi connectivity index (χ1) is 15.0. The van der Waals surface area contributed by atoms with Crippen molar-refractivity contribution in [3.63, 3.8) is 0 Å². The molecule has 2 aliphatic heterocycles. The molecule has 10 heteroatoms. The van der Waals surface area contributed by atoms with Crippen molar-refractivity contribution in [2.24, 2.45) is 23.7 Å². The van der Waals surface area contributed by atoms with Crippen LogP contribution in [0.15, 0.2) is 48.6 Å². The number of fused-ring (bicyclic) bond motifs is 4. The molecule has 0 N–H and O–H groups in total. The monoisotopic (exact) mass is 556 g/mol. The van der Waals surface area contributed by atoms with Crippen molar-refractivity contribution in [2.45, 2.75) is 43.5 Å². The minimum Gasteiger partial charge on any atom is -0.452 e. The highest BCUT2D eigenvalue weighted by molar-refractivity contribution is 6.53. The fourth-order valence-corrected chi connectivity index (χ4v) is 8.89. The van der Waals surface area contributed by atoms with Gasteiger partial charge < -0.3 is 9.47 Å². The van der Waals surface area contributed by atoms with Crippen LogP contribution in [0.5, 0.6) is 0 Å². The van der Waals surface area contributed by atoms with Crippen molar-refractivity contribution in [1.82, 2.24) is 0 Å². The number of carbonyl (C=O) groups excluding carboxylic acids is 2. The molecule has 0 bridgehead atoms. The molecule has 2 saturated heterocycles. The number of carbonyl (C=O) groups is 2. The molecule has 0 unspecified atom stereocenters. The molecule has 6 aliphatic rings. The van der Waals surface area contributed by atoms with Gasteiger partial charge in [0.2, 0.25) is 0 Å². The van der Waals surface area contributed by atoms with E-state index in [0.29, 0.717) is 0 Å². The van der Waals surface area contributed by atoms with E-state index < -0.39 is 42.6 Å². The van der Waals surface area contributed by atoms with Gasteiger partial charge in [0.15, 0.2) is 30.6 Å². The summed E-state index contributed by atoms with van der Waals surface area (Å²) in [6, 6.07) is 0. The summed E-state index contributed by atoms with van der Waals surface area (Å²) in [5.74, 6) is -0.721. The first-order valence-corrected chi connectivity index (χ1v) is 12.6. The van der Waals surface area contributed by atoms with Gasteiger partial charge in [-0.25, -0.2) is 0 Å². The van der Waals surface area contributed by atoms with E-state index in [-0.39, 0.29) is 23.7 Å². The number of hydrogen-bond acceptors (Lipinski definition) is 4. The Morgan fingerprint density at radius 3 is 1.38 bits per heavy atom. The maximum Gasteiger partial charge on any atom is 0.329 e. The Balaban J connectivity index is 0.000000135. The van der Waals surface area contributed by atoms with Crippen LogP contribution in [0.25, 0.3) is 0 Å². The summed E-state index contributed by atoms with van der Waals surface area (Å²) in [6.45, 7) is 0. The fourth-order valence-electron chi connectivity index (χ4n) is 5.77. The zero-order valence-corrected chi connectivity index (χ0v) is 20.9. The Labute approximate surface area is 215 Å². The Morgan fingerprint density at radius 2 is 1.06 bits per heavy atom. The van der Waals surface area contributed by atoms with E-state index >= 15 is 0 Å². The van der Waals surface area contributed by atoms with Gasteiger partial charge in [-0.1, -0.05) is 95.0 Å². The largest absolute Gasteiger partial charge is 0.452 e. The summed E-state index contributed by atoms with van der Waals surface area (Å²) in [6.07, 6.45) is 17.2. The standard InChI is InChI=1S/2C11H9Cl3O2/c2*12-8-9(15)16-10(8)6-4-2-1-3-5-7(6)11(10,13)14/h2*1-3,5-8H,4H2/t2*6-,7+,8-,10+/m10/s1. The Hall–Kier alpha value is -0.360. The molecular formula is C22H18Cl6O4. The number of hydrogen-bond donors (Lipinski definition) is 0. The minimum absolute atomic E-state index is 0.0137. The van der Waals surface area contributed by atoms with Crippen molar-refractivity contribution in [3.05, 3.63) is 48.6 Å². The molecular weight excluding hydrogens is 541 g/mol. The molecule has 0 aromatic carbocycles. The second-order valence-electron chi connectivity index (χ2n) is 8.76. The van der Waals surface area contributed by atoms with E-state index in [9.17, 15) is 9.59 Å². The highest BCUT2D eigenvalue weighted by Crippen LogP contribution is 2.70. The van der Waals surface area contributed by atoms with E-state index in [1.54, 1.807) is 0 Å². The number of allylic oxidation sites excluding steroid dienone is 8. The van der Waals surface area contributed by atoms with Crippen LogP contribution in [-0.2, 0) is 19.1 Å². The predicted molar refractivity (Wildman–Crippen MR) is 126 cm³/mol. The topological polar surface area (TPSA) is 52.6 Å². The van der Waals surface area contributed by atoms with Crippen LogP contribution in [0.3, 0.4) is 0 Å². The first-order valence-electron chi connectivity index (χ1n) is 10.2. The van der Waals surface area contributed by atoms with Gasteiger partial charge in [0.1, 0.15) is 0 Å². The molecule has 2 heterocycles. The summed E-state index contributed by atoms with van der Waals surface area (Å²) >= 11 is 37.2. The zero-order chi connectivity index (χ0) is 23.1. The van der Waals surface area contributed by atoms with Crippen LogP contribution in [0, 0.1) is 23.7 Å². The normalized spacial score (nSPS) is 47.7. The number of ether oxygens (including phenoxy) is 2. The van der Waals surface area contributed by atoms with E-state index in [1.807, 2.05) is 48.6 Å². The molecule has 8 atom stereocenters. The molecule has 6 rings (SSSR count). The second kappa shape index (κ2) is 7.57. The molecule has 4 fully saturated rings. The number of halogens is 6. The lowest BCUT2D eigenvalue weighted by Gasteiger charge is -2.66. The Morgan fingerprint density at radius 1 is 0.688 bits per heavy atom. The predicted octanol–water partition coefficient (Wildman–Crippen LogP) is 5.65. The molecule has 0 radical (unpaired) electrons. The highest BCUT2D eigenvalue weighted by Gasteiger charge is 2.82. The van der Waals surface area contributed by atoms with Gasteiger partial charge in [-0.05, 0) is 12.8 Å².